The number of aromatic nitrogens is 2. The molecule has 0 aliphatic rings. The van der Waals surface area contributed by atoms with Crippen molar-refractivity contribution in [2.45, 2.75) is 19.9 Å². The molecule has 0 fully saturated rings. The first-order valence-corrected chi connectivity index (χ1v) is 3.95. The quantitative estimate of drug-likeness (QED) is 0.678. The fourth-order valence-electron chi connectivity index (χ4n) is 1.10. The van der Waals surface area contributed by atoms with Crippen LogP contribution < -0.4 is 5.73 Å². The van der Waals surface area contributed by atoms with Gasteiger partial charge in [0.15, 0.2) is 0 Å². The predicted molar refractivity (Wildman–Crippen MR) is 48.1 cm³/mol. The van der Waals surface area contributed by atoms with Crippen molar-refractivity contribution in [2.75, 3.05) is 12.8 Å². The van der Waals surface area contributed by atoms with Gasteiger partial charge in [0.05, 0.1) is 24.7 Å². The number of nitrogen functional groups attached to an aromatic ring is 1. The first-order valence-electron chi connectivity index (χ1n) is 3.95. The molecule has 0 saturated heterocycles. The van der Waals surface area contributed by atoms with Gasteiger partial charge in [0.1, 0.15) is 6.04 Å². The summed E-state index contributed by atoms with van der Waals surface area (Å²) in [6.45, 7) is 3.52. The van der Waals surface area contributed by atoms with Crippen molar-refractivity contribution < 1.29 is 9.53 Å². The summed E-state index contributed by atoms with van der Waals surface area (Å²) in [6.07, 6.45) is 1.52. The molecule has 0 spiro atoms. The van der Waals surface area contributed by atoms with Crippen LogP contribution >= 0.6 is 0 Å². The van der Waals surface area contributed by atoms with Crippen LogP contribution in [0.4, 0.5) is 5.69 Å². The summed E-state index contributed by atoms with van der Waals surface area (Å²) in [6, 6.07) is -0.428. The van der Waals surface area contributed by atoms with Crippen molar-refractivity contribution in [1.29, 1.82) is 0 Å². The average molecular weight is 183 g/mol. The Morgan fingerprint density at radius 1 is 1.77 bits per heavy atom. The Morgan fingerprint density at radius 3 is 2.77 bits per heavy atom. The Labute approximate surface area is 76.5 Å². The van der Waals surface area contributed by atoms with E-state index in [9.17, 15) is 4.79 Å². The second-order valence-electron chi connectivity index (χ2n) is 2.83. The van der Waals surface area contributed by atoms with Gasteiger partial charge >= 0.3 is 5.97 Å². The Balaban J connectivity index is 2.95. The highest BCUT2D eigenvalue weighted by molar-refractivity contribution is 5.73. The Morgan fingerprint density at radius 2 is 2.38 bits per heavy atom. The van der Waals surface area contributed by atoms with Crippen molar-refractivity contribution in [3.05, 3.63) is 11.9 Å². The molecule has 0 saturated carbocycles. The fraction of sp³-hybridized carbons (Fsp3) is 0.500. The summed E-state index contributed by atoms with van der Waals surface area (Å²) < 4.78 is 6.13. The van der Waals surface area contributed by atoms with Gasteiger partial charge in [-0.3, -0.25) is 4.68 Å². The number of anilines is 1. The van der Waals surface area contributed by atoms with Crippen molar-refractivity contribution in [3.63, 3.8) is 0 Å². The first-order chi connectivity index (χ1) is 6.07. The minimum absolute atomic E-state index is 0.328. The molecule has 0 aliphatic heterocycles. The van der Waals surface area contributed by atoms with Crippen molar-refractivity contribution >= 4 is 11.7 Å². The lowest BCUT2D eigenvalue weighted by atomic mass is 10.3. The van der Waals surface area contributed by atoms with E-state index in [1.165, 1.54) is 13.3 Å². The van der Waals surface area contributed by atoms with E-state index >= 15 is 0 Å². The molecule has 5 heteroatoms. The molecule has 2 N–H and O–H groups in total. The topological polar surface area (TPSA) is 70.1 Å². The number of nitrogens with zero attached hydrogens (tertiary/aromatic N) is 2. The predicted octanol–water partition coefficient (Wildman–Crippen LogP) is 0.508. The lowest BCUT2D eigenvalue weighted by Crippen LogP contribution is -2.19. The highest BCUT2D eigenvalue weighted by Crippen LogP contribution is 2.15. The lowest BCUT2D eigenvalue weighted by Gasteiger charge is -2.11. The molecule has 1 heterocycles. The van der Waals surface area contributed by atoms with Crippen molar-refractivity contribution in [1.82, 2.24) is 9.78 Å². The van der Waals surface area contributed by atoms with Crippen LogP contribution in [0, 0.1) is 6.92 Å². The van der Waals surface area contributed by atoms with E-state index < -0.39 is 6.04 Å². The molecule has 1 rings (SSSR count). The largest absolute Gasteiger partial charge is 0.467 e. The summed E-state index contributed by atoms with van der Waals surface area (Å²) in [5.74, 6) is -0.328. The first kappa shape index (κ1) is 9.57. The van der Waals surface area contributed by atoms with Crippen LogP contribution in [0.5, 0.6) is 0 Å². The van der Waals surface area contributed by atoms with E-state index in [0.29, 0.717) is 5.69 Å². The maximum Gasteiger partial charge on any atom is 0.330 e. The van der Waals surface area contributed by atoms with E-state index in [1.54, 1.807) is 11.6 Å². The molecular formula is C8H13N3O2. The Hall–Kier alpha value is -1.52. The monoisotopic (exact) mass is 183 g/mol. The molecular weight excluding hydrogens is 170 g/mol. The van der Waals surface area contributed by atoms with Crippen molar-refractivity contribution in [3.8, 4) is 0 Å². The second-order valence-corrected chi connectivity index (χ2v) is 2.83. The molecule has 0 bridgehead atoms. The van der Waals surface area contributed by atoms with E-state index in [2.05, 4.69) is 9.84 Å². The molecule has 5 nitrogen and oxygen atoms in total. The molecule has 0 radical (unpaired) electrons. The third-order valence-electron chi connectivity index (χ3n) is 1.99. The molecule has 13 heavy (non-hydrogen) atoms. The minimum atomic E-state index is -0.428. The highest BCUT2D eigenvalue weighted by Gasteiger charge is 2.18. The van der Waals surface area contributed by atoms with Gasteiger partial charge in [-0.25, -0.2) is 4.79 Å². The molecule has 1 unspecified atom stereocenters. The zero-order chi connectivity index (χ0) is 10.0. The van der Waals surface area contributed by atoms with E-state index in [0.717, 1.165) is 5.69 Å². The molecule has 72 valence electrons. The maximum atomic E-state index is 11.1. The highest BCUT2D eigenvalue weighted by atomic mass is 16.5. The standard InChI is InChI=1S/C8H13N3O2/c1-5-7(9)4-10-11(5)6(2)8(12)13-3/h4,6H,9H2,1-3H3. The molecule has 0 amide bonds. The average Bonchev–Trinajstić information content (AvgIpc) is 2.45. The second kappa shape index (κ2) is 3.47. The number of ether oxygens (including phenoxy) is 1. The van der Waals surface area contributed by atoms with Crippen LogP contribution in [-0.4, -0.2) is 22.9 Å². The molecule has 1 aromatic heterocycles. The normalized spacial score (nSPS) is 12.5. The number of carbonyl (C=O) groups excluding carboxylic acids is 1. The molecule has 1 aromatic rings. The van der Waals surface area contributed by atoms with Crippen LogP contribution in [0.3, 0.4) is 0 Å². The Bertz CT molecular complexity index is 319. The summed E-state index contributed by atoms with van der Waals surface area (Å²) in [5.41, 5.74) is 6.94. The smallest absolute Gasteiger partial charge is 0.330 e. The number of methoxy groups -OCH3 is 1. The van der Waals surface area contributed by atoms with Gasteiger partial charge in [-0.2, -0.15) is 5.10 Å². The van der Waals surface area contributed by atoms with E-state index in [4.69, 9.17) is 5.73 Å². The molecule has 0 aliphatic carbocycles. The lowest BCUT2D eigenvalue weighted by molar-refractivity contribution is -0.144. The van der Waals surface area contributed by atoms with Gasteiger partial charge < -0.3 is 10.5 Å². The van der Waals surface area contributed by atoms with Gasteiger partial charge in [-0.1, -0.05) is 0 Å². The third-order valence-corrected chi connectivity index (χ3v) is 1.99. The van der Waals surface area contributed by atoms with Crippen LogP contribution in [-0.2, 0) is 9.53 Å². The van der Waals surface area contributed by atoms with Crippen LogP contribution in [0.15, 0.2) is 6.20 Å². The number of esters is 1. The van der Waals surface area contributed by atoms with Crippen LogP contribution in [0.25, 0.3) is 0 Å². The number of hydrogen-bond acceptors (Lipinski definition) is 4. The Kier molecular flexibility index (Phi) is 2.55. The number of hydrogen-bond donors (Lipinski definition) is 1. The summed E-state index contributed by atoms with van der Waals surface area (Å²) >= 11 is 0. The van der Waals surface area contributed by atoms with Gasteiger partial charge in [0.2, 0.25) is 0 Å². The number of nitrogens with two attached hydrogens (primary N) is 1. The van der Waals surface area contributed by atoms with Gasteiger partial charge in [-0.15, -0.1) is 0 Å². The minimum Gasteiger partial charge on any atom is -0.467 e. The van der Waals surface area contributed by atoms with Gasteiger partial charge in [0, 0.05) is 0 Å². The summed E-state index contributed by atoms with van der Waals surface area (Å²) in [4.78, 5) is 11.1. The van der Waals surface area contributed by atoms with Crippen molar-refractivity contribution in [2.24, 2.45) is 0 Å². The fourth-order valence-corrected chi connectivity index (χ4v) is 1.10. The number of rotatable bonds is 2. The van der Waals surface area contributed by atoms with Crippen LogP contribution in [0.2, 0.25) is 0 Å². The maximum absolute atomic E-state index is 11.1. The van der Waals surface area contributed by atoms with Crippen LogP contribution in [0.1, 0.15) is 18.7 Å². The summed E-state index contributed by atoms with van der Waals surface area (Å²) in [7, 11) is 1.35. The third kappa shape index (κ3) is 1.63. The number of carbonyl (C=O) groups is 1. The van der Waals surface area contributed by atoms with E-state index in [-0.39, 0.29) is 5.97 Å². The van der Waals surface area contributed by atoms with Gasteiger partial charge in [-0.05, 0) is 13.8 Å². The molecule has 0 aromatic carbocycles. The zero-order valence-corrected chi connectivity index (χ0v) is 7.94. The van der Waals surface area contributed by atoms with E-state index in [1.807, 2.05) is 6.92 Å². The zero-order valence-electron chi connectivity index (χ0n) is 7.94. The van der Waals surface area contributed by atoms with Gasteiger partial charge in [0.25, 0.3) is 0 Å². The SMILES string of the molecule is COC(=O)C(C)n1ncc(N)c1C. The molecule has 1 atom stereocenters. The summed E-state index contributed by atoms with van der Waals surface area (Å²) in [5, 5.41) is 3.98.